The lowest BCUT2D eigenvalue weighted by Gasteiger charge is -2.17. The van der Waals surface area contributed by atoms with E-state index < -0.39 is 12.0 Å². The Hall–Kier alpha value is -2.12. The Morgan fingerprint density at radius 3 is 2.90 bits per heavy atom. The molecule has 0 saturated carbocycles. The van der Waals surface area contributed by atoms with Gasteiger partial charge in [0.1, 0.15) is 11.8 Å². The molecule has 21 heavy (non-hydrogen) atoms. The highest BCUT2D eigenvalue weighted by Gasteiger charge is 2.19. The van der Waals surface area contributed by atoms with Gasteiger partial charge in [0.25, 0.3) is 0 Å². The van der Waals surface area contributed by atoms with E-state index >= 15 is 0 Å². The molecular weight excluding hydrogens is 290 g/mol. The smallest absolute Gasteiger partial charge is 0.326 e. The summed E-state index contributed by atoms with van der Waals surface area (Å²) in [6.45, 7) is 0.610. The van der Waals surface area contributed by atoms with E-state index in [1.807, 2.05) is 36.2 Å². The zero-order valence-corrected chi connectivity index (χ0v) is 12.6. The molecule has 0 fully saturated rings. The van der Waals surface area contributed by atoms with E-state index in [1.54, 1.807) is 12.5 Å². The first kappa shape index (κ1) is 15.3. The van der Waals surface area contributed by atoms with E-state index in [0.29, 0.717) is 17.4 Å². The largest absolute Gasteiger partial charge is 0.496 e. The highest BCUT2D eigenvalue weighted by molar-refractivity contribution is 7.13. The monoisotopic (exact) mass is 307 g/mol. The number of rotatable bonds is 6. The van der Waals surface area contributed by atoms with Gasteiger partial charge in [0, 0.05) is 24.5 Å². The summed E-state index contributed by atoms with van der Waals surface area (Å²) in [5.74, 6) is -0.275. The molecule has 1 heterocycles. The van der Waals surface area contributed by atoms with Crippen molar-refractivity contribution < 1.29 is 14.6 Å². The van der Waals surface area contributed by atoms with E-state index in [-0.39, 0.29) is 0 Å². The number of hydrogen-bond acceptors (Lipinski definition) is 6. The van der Waals surface area contributed by atoms with Crippen LogP contribution in [0.5, 0.6) is 5.75 Å². The van der Waals surface area contributed by atoms with Crippen molar-refractivity contribution in [1.29, 1.82) is 0 Å². The third-order valence-electron chi connectivity index (χ3n) is 3.02. The predicted molar refractivity (Wildman–Crippen MR) is 81.8 cm³/mol. The minimum absolute atomic E-state index is 0.370. The molecule has 3 N–H and O–H groups in total. The van der Waals surface area contributed by atoms with Gasteiger partial charge in [-0.2, -0.15) is 0 Å². The van der Waals surface area contributed by atoms with E-state index in [0.717, 1.165) is 11.3 Å². The summed E-state index contributed by atoms with van der Waals surface area (Å²) in [6.07, 6.45) is 0. The maximum atomic E-state index is 10.9. The van der Waals surface area contributed by atoms with Crippen molar-refractivity contribution in [2.24, 2.45) is 5.73 Å². The SMILES string of the molecule is COc1ccccc1CN(C)c1nc(C(N)C(=O)O)cs1. The highest BCUT2D eigenvalue weighted by atomic mass is 32.1. The van der Waals surface area contributed by atoms with Gasteiger partial charge >= 0.3 is 5.97 Å². The molecule has 0 amide bonds. The second kappa shape index (κ2) is 6.55. The summed E-state index contributed by atoms with van der Waals surface area (Å²) < 4.78 is 5.32. The summed E-state index contributed by atoms with van der Waals surface area (Å²) in [4.78, 5) is 17.1. The Bertz CT molecular complexity index is 629. The van der Waals surface area contributed by atoms with Gasteiger partial charge < -0.3 is 20.5 Å². The third-order valence-corrected chi connectivity index (χ3v) is 3.99. The minimum Gasteiger partial charge on any atom is -0.496 e. The lowest BCUT2D eigenvalue weighted by Crippen LogP contribution is -2.21. The van der Waals surface area contributed by atoms with Crippen LogP contribution in [-0.4, -0.2) is 30.2 Å². The van der Waals surface area contributed by atoms with Gasteiger partial charge in [0.15, 0.2) is 5.13 Å². The van der Waals surface area contributed by atoms with Crippen LogP contribution in [0.15, 0.2) is 29.6 Å². The van der Waals surface area contributed by atoms with Crippen LogP contribution in [0.2, 0.25) is 0 Å². The summed E-state index contributed by atoms with van der Waals surface area (Å²) in [5.41, 5.74) is 6.95. The number of para-hydroxylation sites is 1. The number of ether oxygens (including phenoxy) is 1. The van der Waals surface area contributed by atoms with Crippen molar-refractivity contribution in [3.8, 4) is 5.75 Å². The predicted octanol–water partition coefficient (Wildman–Crippen LogP) is 1.87. The second-order valence-corrected chi connectivity index (χ2v) is 5.38. The third kappa shape index (κ3) is 3.50. The maximum absolute atomic E-state index is 10.9. The first-order chi connectivity index (χ1) is 10.0. The molecule has 1 atom stereocenters. The molecule has 0 radical (unpaired) electrons. The molecule has 0 aliphatic rings. The molecule has 112 valence electrons. The number of anilines is 1. The molecule has 7 heteroatoms. The topological polar surface area (TPSA) is 88.7 Å². The normalized spacial score (nSPS) is 12.0. The van der Waals surface area contributed by atoms with Crippen LogP contribution in [0.3, 0.4) is 0 Å². The zero-order chi connectivity index (χ0) is 15.4. The van der Waals surface area contributed by atoms with Gasteiger partial charge in [-0.05, 0) is 6.07 Å². The lowest BCUT2D eigenvalue weighted by molar-refractivity contribution is -0.138. The summed E-state index contributed by atoms with van der Waals surface area (Å²) in [5, 5.41) is 11.3. The summed E-state index contributed by atoms with van der Waals surface area (Å²) in [6, 6.07) is 6.65. The molecule has 0 aliphatic heterocycles. The molecule has 1 unspecified atom stereocenters. The molecule has 1 aromatic carbocycles. The fourth-order valence-corrected chi connectivity index (χ4v) is 2.71. The van der Waals surface area contributed by atoms with Crippen molar-refractivity contribution in [3.63, 3.8) is 0 Å². The van der Waals surface area contributed by atoms with Crippen LogP contribution in [0, 0.1) is 0 Å². The average molecular weight is 307 g/mol. The zero-order valence-electron chi connectivity index (χ0n) is 11.8. The molecule has 0 saturated heterocycles. The van der Waals surface area contributed by atoms with Gasteiger partial charge in [-0.25, -0.2) is 4.98 Å². The molecular formula is C14H17N3O3S. The van der Waals surface area contributed by atoms with Crippen molar-refractivity contribution in [3.05, 3.63) is 40.9 Å². The number of carbonyl (C=O) groups is 1. The number of nitrogens with zero attached hydrogens (tertiary/aromatic N) is 2. The molecule has 1 aromatic heterocycles. The van der Waals surface area contributed by atoms with Crippen LogP contribution in [0.4, 0.5) is 5.13 Å². The summed E-state index contributed by atoms with van der Waals surface area (Å²) in [7, 11) is 3.52. The number of nitrogens with two attached hydrogens (primary N) is 1. The van der Waals surface area contributed by atoms with E-state index in [2.05, 4.69) is 4.98 Å². The number of methoxy groups -OCH3 is 1. The molecule has 0 spiro atoms. The Balaban J connectivity index is 2.14. The van der Waals surface area contributed by atoms with Gasteiger partial charge in [-0.3, -0.25) is 4.79 Å². The van der Waals surface area contributed by atoms with Gasteiger partial charge in [0.05, 0.1) is 12.8 Å². The van der Waals surface area contributed by atoms with Crippen LogP contribution < -0.4 is 15.4 Å². The first-order valence-electron chi connectivity index (χ1n) is 6.29. The average Bonchev–Trinajstić information content (AvgIpc) is 2.96. The minimum atomic E-state index is -1.09. The van der Waals surface area contributed by atoms with Gasteiger partial charge in [0.2, 0.25) is 0 Å². The van der Waals surface area contributed by atoms with E-state index in [4.69, 9.17) is 15.6 Å². The van der Waals surface area contributed by atoms with Crippen LogP contribution in [0.25, 0.3) is 0 Å². The number of thiazole rings is 1. The van der Waals surface area contributed by atoms with Gasteiger partial charge in [-0.15, -0.1) is 11.3 Å². The van der Waals surface area contributed by atoms with E-state index in [1.165, 1.54) is 11.3 Å². The number of hydrogen-bond donors (Lipinski definition) is 2. The van der Waals surface area contributed by atoms with Crippen molar-refractivity contribution in [1.82, 2.24) is 4.98 Å². The fourth-order valence-electron chi connectivity index (χ4n) is 1.88. The van der Waals surface area contributed by atoms with E-state index in [9.17, 15) is 4.79 Å². The van der Waals surface area contributed by atoms with Crippen LogP contribution in [0.1, 0.15) is 17.3 Å². The maximum Gasteiger partial charge on any atom is 0.326 e. The molecule has 0 aliphatic carbocycles. The molecule has 0 bridgehead atoms. The molecule has 2 rings (SSSR count). The first-order valence-corrected chi connectivity index (χ1v) is 7.17. The standard InChI is InChI=1S/C14H17N3O3S/c1-17(7-9-5-3-4-6-11(9)20-2)14-16-10(8-21-14)12(15)13(18)19/h3-6,8,12H,7,15H2,1-2H3,(H,18,19). The number of carboxylic acid groups (broad SMARTS) is 1. The number of aliphatic carboxylic acids is 1. The molecule has 6 nitrogen and oxygen atoms in total. The fraction of sp³-hybridized carbons (Fsp3) is 0.286. The number of aromatic nitrogens is 1. The van der Waals surface area contributed by atoms with Gasteiger partial charge in [-0.1, -0.05) is 18.2 Å². The lowest BCUT2D eigenvalue weighted by atomic mass is 10.2. The summed E-state index contributed by atoms with van der Waals surface area (Å²) >= 11 is 1.37. The van der Waals surface area contributed by atoms with Crippen molar-refractivity contribution >= 4 is 22.4 Å². The van der Waals surface area contributed by atoms with Crippen molar-refractivity contribution in [2.45, 2.75) is 12.6 Å². The Kier molecular flexibility index (Phi) is 4.77. The van der Waals surface area contributed by atoms with Crippen LogP contribution >= 0.6 is 11.3 Å². The number of benzene rings is 1. The quantitative estimate of drug-likeness (QED) is 0.847. The molecule has 2 aromatic rings. The van der Waals surface area contributed by atoms with Crippen LogP contribution in [-0.2, 0) is 11.3 Å². The number of carboxylic acids is 1. The highest BCUT2D eigenvalue weighted by Crippen LogP contribution is 2.26. The Morgan fingerprint density at radius 1 is 1.52 bits per heavy atom. The Morgan fingerprint density at radius 2 is 2.24 bits per heavy atom. The second-order valence-electron chi connectivity index (χ2n) is 4.54. The van der Waals surface area contributed by atoms with Crippen molar-refractivity contribution in [2.75, 3.05) is 19.1 Å². The Labute approximate surface area is 126 Å².